The minimum absolute atomic E-state index is 0. The van der Waals surface area contributed by atoms with Gasteiger partial charge in [0.1, 0.15) is 28.8 Å². The van der Waals surface area contributed by atoms with Gasteiger partial charge in [-0.25, -0.2) is 18.0 Å². The van der Waals surface area contributed by atoms with Crippen LogP contribution < -0.4 is 4.74 Å². The molecule has 2 nitrogen and oxygen atoms in total. The summed E-state index contributed by atoms with van der Waals surface area (Å²) >= 11 is 0. The average Bonchev–Trinajstić information content (AvgIpc) is 2.57. The van der Waals surface area contributed by atoms with Gasteiger partial charge in [0.15, 0.2) is 0 Å². The third-order valence-corrected chi connectivity index (χ3v) is 4.78. The molecular formula is C21H25F3O2. The molecule has 0 aromatic heterocycles. The Balaban J connectivity index is 0.00000182. The lowest BCUT2D eigenvalue weighted by Gasteiger charge is -2.26. The van der Waals surface area contributed by atoms with Gasteiger partial charge in [-0.3, -0.25) is 0 Å². The third kappa shape index (κ3) is 4.45. The molecule has 1 aliphatic rings. The van der Waals surface area contributed by atoms with Gasteiger partial charge in [0.25, 0.3) is 0 Å². The van der Waals surface area contributed by atoms with E-state index in [1.54, 1.807) is 0 Å². The van der Waals surface area contributed by atoms with Crippen LogP contribution in [0.3, 0.4) is 0 Å². The van der Waals surface area contributed by atoms with Gasteiger partial charge >= 0.3 is 5.97 Å². The van der Waals surface area contributed by atoms with Crippen molar-refractivity contribution in [2.75, 3.05) is 0 Å². The molecule has 142 valence electrons. The van der Waals surface area contributed by atoms with E-state index in [-0.39, 0.29) is 20.5 Å². The third-order valence-electron chi connectivity index (χ3n) is 4.78. The van der Waals surface area contributed by atoms with E-state index in [1.165, 1.54) is 24.3 Å². The first-order chi connectivity index (χ1) is 11.9. The smallest absolute Gasteiger partial charge is 0.349 e. The number of benzene rings is 2. The lowest BCUT2D eigenvalue weighted by atomic mass is 9.79. The number of hydrogen-bond acceptors (Lipinski definition) is 2. The van der Waals surface area contributed by atoms with Crippen molar-refractivity contribution in [3.05, 3.63) is 65.0 Å². The van der Waals surface area contributed by atoms with Crippen LogP contribution in [0.5, 0.6) is 5.75 Å². The summed E-state index contributed by atoms with van der Waals surface area (Å²) in [6, 6.07) is 7.10. The fourth-order valence-electron chi connectivity index (χ4n) is 3.28. The van der Waals surface area contributed by atoms with Gasteiger partial charge in [0.2, 0.25) is 0 Å². The molecule has 3 rings (SSSR count). The second kappa shape index (κ2) is 8.39. The van der Waals surface area contributed by atoms with Crippen LogP contribution in [0.1, 0.15) is 63.3 Å². The second-order valence-corrected chi connectivity index (χ2v) is 6.66. The van der Waals surface area contributed by atoms with Crippen LogP contribution in [0.4, 0.5) is 13.2 Å². The summed E-state index contributed by atoms with van der Waals surface area (Å²) in [6.45, 7) is 2.17. The molecule has 0 amide bonds. The molecule has 0 unspecified atom stereocenters. The van der Waals surface area contributed by atoms with E-state index in [4.69, 9.17) is 4.74 Å². The van der Waals surface area contributed by atoms with Crippen molar-refractivity contribution in [2.45, 2.75) is 46.0 Å². The highest BCUT2D eigenvalue weighted by Gasteiger charge is 2.25. The molecule has 0 spiro atoms. The van der Waals surface area contributed by atoms with E-state index in [2.05, 4.69) is 6.92 Å². The molecule has 0 heterocycles. The maximum Gasteiger partial charge on any atom is 0.349 e. The number of halogens is 3. The molecular weight excluding hydrogens is 341 g/mol. The summed E-state index contributed by atoms with van der Waals surface area (Å²) in [6.07, 6.45) is 3.84. The fourth-order valence-corrected chi connectivity index (χ4v) is 3.28. The highest BCUT2D eigenvalue weighted by Crippen LogP contribution is 2.36. The molecule has 0 N–H and O–H groups in total. The number of ether oxygens (including phenoxy) is 1. The predicted molar refractivity (Wildman–Crippen MR) is 96.9 cm³/mol. The molecule has 0 saturated heterocycles. The van der Waals surface area contributed by atoms with Crippen molar-refractivity contribution < 1.29 is 24.1 Å². The van der Waals surface area contributed by atoms with Crippen molar-refractivity contribution in [1.82, 2.24) is 0 Å². The van der Waals surface area contributed by atoms with Crippen molar-refractivity contribution in [3.63, 3.8) is 0 Å². The SMILES string of the molecule is C.CC1CCC(c2cc(F)c(C(=O)Oc3ccc(F)cc3)c(F)c2)CC1.[HH]. The van der Waals surface area contributed by atoms with Crippen molar-refractivity contribution >= 4 is 5.97 Å². The molecule has 2 aromatic carbocycles. The number of carbonyl (C=O) groups is 1. The molecule has 1 aliphatic carbocycles. The predicted octanol–water partition coefficient (Wildman–Crippen LogP) is 6.50. The maximum atomic E-state index is 14.4. The van der Waals surface area contributed by atoms with Gasteiger partial charge in [-0.2, -0.15) is 0 Å². The largest absolute Gasteiger partial charge is 0.423 e. The summed E-state index contributed by atoms with van der Waals surface area (Å²) in [5, 5.41) is 0. The van der Waals surface area contributed by atoms with E-state index >= 15 is 0 Å². The lowest BCUT2D eigenvalue weighted by Crippen LogP contribution is -2.16. The summed E-state index contributed by atoms with van der Waals surface area (Å²) < 4.78 is 46.5. The van der Waals surface area contributed by atoms with Crippen LogP contribution in [-0.2, 0) is 0 Å². The van der Waals surface area contributed by atoms with Crippen molar-refractivity contribution in [1.29, 1.82) is 0 Å². The van der Waals surface area contributed by atoms with E-state index < -0.39 is 29.0 Å². The van der Waals surface area contributed by atoms with Crippen LogP contribution in [0.2, 0.25) is 0 Å². The first kappa shape index (κ1) is 20.0. The van der Waals surface area contributed by atoms with Gasteiger partial charge < -0.3 is 4.74 Å². The standard InChI is InChI=1S/C20H19F3O2.CH4.H2/c1-12-2-4-13(5-3-12)14-10-17(22)19(18(23)11-14)20(24)25-16-8-6-15(21)7-9-16;;/h6-13H,2-5H2,1H3;1H4;1H. The molecule has 5 heteroatoms. The van der Waals surface area contributed by atoms with Crippen LogP contribution >= 0.6 is 0 Å². The molecule has 1 saturated carbocycles. The zero-order chi connectivity index (χ0) is 18.0. The second-order valence-electron chi connectivity index (χ2n) is 6.66. The van der Waals surface area contributed by atoms with E-state index in [0.717, 1.165) is 37.8 Å². The Bertz CT molecular complexity index is 746. The molecule has 0 radical (unpaired) electrons. The topological polar surface area (TPSA) is 26.3 Å². The normalized spacial score (nSPS) is 19.5. The Hall–Kier alpha value is -2.30. The number of rotatable bonds is 3. The molecule has 0 bridgehead atoms. The Kier molecular flexibility index (Phi) is 6.46. The van der Waals surface area contributed by atoms with Crippen LogP contribution in [0, 0.1) is 23.4 Å². The zero-order valence-corrected chi connectivity index (χ0v) is 13.9. The lowest BCUT2D eigenvalue weighted by molar-refractivity contribution is 0.0724. The van der Waals surface area contributed by atoms with Gasteiger partial charge in [0, 0.05) is 1.43 Å². The van der Waals surface area contributed by atoms with Crippen LogP contribution in [0.25, 0.3) is 0 Å². The Morgan fingerprint density at radius 2 is 1.54 bits per heavy atom. The molecule has 1 fully saturated rings. The molecule has 2 aromatic rings. The first-order valence-corrected chi connectivity index (χ1v) is 8.40. The van der Waals surface area contributed by atoms with Gasteiger partial charge in [-0.15, -0.1) is 0 Å². The van der Waals surface area contributed by atoms with Crippen LogP contribution in [-0.4, -0.2) is 5.97 Å². The quantitative estimate of drug-likeness (QED) is 0.458. The van der Waals surface area contributed by atoms with E-state index in [9.17, 15) is 18.0 Å². The summed E-state index contributed by atoms with van der Waals surface area (Å²) in [5.74, 6) is -2.72. The summed E-state index contributed by atoms with van der Waals surface area (Å²) in [4.78, 5) is 12.1. The Morgan fingerprint density at radius 1 is 1.00 bits per heavy atom. The number of hydrogen-bond donors (Lipinski definition) is 0. The minimum Gasteiger partial charge on any atom is -0.423 e. The average molecular weight is 366 g/mol. The van der Waals surface area contributed by atoms with E-state index in [1.807, 2.05) is 0 Å². The van der Waals surface area contributed by atoms with Gasteiger partial charge in [-0.05, 0) is 66.6 Å². The van der Waals surface area contributed by atoms with Crippen molar-refractivity contribution in [2.24, 2.45) is 5.92 Å². The molecule has 26 heavy (non-hydrogen) atoms. The highest BCUT2D eigenvalue weighted by atomic mass is 19.1. The van der Waals surface area contributed by atoms with Crippen LogP contribution in [0.15, 0.2) is 36.4 Å². The van der Waals surface area contributed by atoms with Gasteiger partial charge in [-0.1, -0.05) is 27.2 Å². The highest BCUT2D eigenvalue weighted by molar-refractivity contribution is 5.91. The maximum absolute atomic E-state index is 14.4. The Morgan fingerprint density at radius 3 is 2.08 bits per heavy atom. The molecule has 0 atom stereocenters. The summed E-state index contributed by atoms with van der Waals surface area (Å²) in [7, 11) is 0. The number of esters is 1. The monoisotopic (exact) mass is 366 g/mol. The van der Waals surface area contributed by atoms with Gasteiger partial charge in [0.05, 0.1) is 0 Å². The fraction of sp³-hybridized carbons (Fsp3) is 0.381. The number of carbonyl (C=O) groups excluding carboxylic acids is 1. The molecule has 0 aliphatic heterocycles. The summed E-state index contributed by atoms with van der Waals surface area (Å²) in [5.41, 5.74) is -0.141. The van der Waals surface area contributed by atoms with Crippen molar-refractivity contribution in [3.8, 4) is 5.75 Å². The Labute approximate surface area is 153 Å². The van der Waals surface area contributed by atoms with E-state index in [0.29, 0.717) is 11.5 Å². The first-order valence-electron chi connectivity index (χ1n) is 8.40. The minimum atomic E-state index is -1.13. The zero-order valence-electron chi connectivity index (χ0n) is 13.9.